The van der Waals surface area contributed by atoms with E-state index in [0.29, 0.717) is 6.54 Å². The lowest BCUT2D eigenvalue weighted by molar-refractivity contribution is 0.0380. The van der Waals surface area contributed by atoms with Gasteiger partial charge in [0, 0.05) is 18.5 Å². The number of nitrogens with zero attached hydrogens (tertiary/aromatic N) is 2. The normalized spacial score (nSPS) is 18.9. The van der Waals surface area contributed by atoms with Crippen molar-refractivity contribution in [3.63, 3.8) is 0 Å². The summed E-state index contributed by atoms with van der Waals surface area (Å²) in [6, 6.07) is 1.87. The maximum Gasteiger partial charge on any atom is 0.134 e. The number of aromatic nitrogens is 2. The monoisotopic (exact) mass is 341 g/mol. The summed E-state index contributed by atoms with van der Waals surface area (Å²) < 4.78 is 0.784. The summed E-state index contributed by atoms with van der Waals surface area (Å²) >= 11 is 3.42. The van der Waals surface area contributed by atoms with Crippen LogP contribution in [0.1, 0.15) is 64.1 Å². The number of anilines is 1. The summed E-state index contributed by atoms with van der Waals surface area (Å²) in [5.41, 5.74) is -0.591. The van der Waals surface area contributed by atoms with Crippen LogP contribution in [0, 0.1) is 0 Å². The summed E-state index contributed by atoms with van der Waals surface area (Å²) in [6.45, 7) is 4.71. The van der Waals surface area contributed by atoms with E-state index in [1.165, 1.54) is 12.8 Å². The Labute approximate surface area is 129 Å². The molecule has 2 N–H and O–H groups in total. The Hall–Kier alpha value is -0.680. The highest BCUT2D eigenvalue weighted by atomic mass is 79.9. The molecule has 1 heterocycles. The second kappa shape index (κ2) is 6.85. The van der Waals surface area contributed by atoms with Crippen LogP contribution in [-0.2, 0) is 0 Å². The van der Waals surface area contributed by atoms with Gasteiger partial charge in [-0.15, -0.1) is 0 Å². The molecule has 0 saturated heterocycles. The first-order valence-electron chi connectivity index (χ1n) is 7.49. The van der Waals surface area contributed by atoms with Gasteiger partial charge in [-0.1, -0.05) is 39.5 Å². The highest BCUT2D eigenvalue weighted by Crippen LogP contribution is 2.27. The molecule has 1 saturated carbocycles. The zero-order chi connectivity index (χ0) is 14.6. The molecule has 4 nitrogen and oxygen atoms in total. The second-order valence-electron chi connectivity index (χ2n) is 6.08. The lowest BCUT2D eigenvalue weighted by Crippen LogP contribution is -2.36. The quantitative estimate of drug-likeness (QED) is 0.644. The van der Waals surface area contributed by atoms with E-state index in [2.05, 4.69) is 45.1 Å². The maximum absolute atomic E-state index is 10.6. The van der Waals surface area contributed by atoms with Gasteiger partial charge in [0.25, 0.3) is 0 Å². The molecule has 1 aromatic heterocycles. The standard InChI is InChI=1S/C15H24BrN3O/c1-11(2)14-18-12(16)9-13(19-14)17-10-15(20)7-5-3-4-6-8-15/h9,11,20H,3-8,10H2,1-2H3,(H,17,18,19). The fourth-order valence-corrected chi connectivity index (χ4v) is 3.00. The zero-order valence-corrected chi connectivity index (χ0v) is 13.9. The van der Waals surface area contributed by atoms with E-state index in [4.69, 9.17) is 0 Å². The van der Waals surface area contributed by atoms with Crippen LogP contribution >= 0.6 is 15.9 Å². The molecular formula is C15H24BrN3O. The minimum absolute atomic E-state index is 0.286. The number of rotatable bonds is 4. The Balaban J connectivity index is 2.02. The third-order valence-electron chi connectivity index (χ3n) is 3.86. The van der Waals surface area contributed by atoms with E-state index in [-0.39, 0.29) is 5.92 Å². The minimum Gasteiger partial charge on any atom is -0.388 e. The highest BCUT2D eigenvalue weighted by Gasteiger charge is 2.27. The van der Waals surface area contributed by atoms with Crippen molar-refractivity contribution < 1.29 is 5.11 Å². The third-order valence-corrected chi connectivity index (χ3v) is 4.27. The first-order valence-corrected chi connectivity index (χ1v) is 8.28. The molecule has 5 heteroatoms. The van der Waals surface area contributed by atoms with Crippen LogP contribution in [0.3, 0.4) is 0 Å². The van der Waals surface area contributed by atoms with Crippen molar-refractivity contribution in [2.45, 2.75) is 63.9 Å². The SMILES string of the molecule is CC(C)c1nc(Br)cc(NCC2(O)CCCCCC2)n1. The van der Waals surface area contributed by atoms with Crippen LogP contribution in [-0.4, -0.2) is 27.2 Å². The zero-order valence-electron chi connectivity index (χ0n) is 12.3. The average molecular weight is 342 g/mol. The molecule has 1 aromatic rings. The average Bonchev–Trinajstić information content (AvgIpc) is 2.61. The van der Waals surface area contributed by atoms with Gasteiger partial charge in [-0.25, -0.2) is 9.97 Å². The number of halogens is 1. The summed E-state index contributed by atoms with van der Waals surface area (Å²) in [5.74, 6) is 1.89. The Bertz CT molecular complexity index is 443. The molecule has 1 fully saturated rings. The Morgan fingerprint density at radius 1 is 1.25 bits per heavy atom. The first kappa shape index (κ1) is 15.7. The molecule has 20 heavy (non-hydrogen) atoms. The smallest absolute Gasteiger partial charge is 0.134 e. The van der Waals surface area contributed by atoms with Gasteiger partial charge < -0.3 is 10.4 Å². The van der Waals surface area contributed by atoms with E-state index in [1.807, 2.05) is 6.07 Å². The molecule has 0 radical (unpaired) electrons. The van der Waals surface area contributed by atoms with Crippen molar-refractivity contribution in [1.82, 2.24) is 9.97 Å². The molecule has 1 aliphatic carbocycles. The van der Waals surface area contributed by atoms with Crippen molar-refractivity contribution in [2.24, 2.45) is 0 Å². The first-order chi connectivity index (χ1) is 9.48. The molecule has 1 aliphatic rings. The predicted octanol–water partition coefficient (Wildman–Crippen LogP) is 3.86. The van der Waals surface area contributed by atoms with E-state index >= 15 is 0 Å². The minimum atomic E-state index is -0.591. The van der Waals surface area contributed by atoms with Crippen LogP contribution < -0.4 is 5.32 Å². The Morgan fingerprint density at radius 3 is 2.50 bits per heavy atom. The molecule has 0 aromatic carbocycles. The van der Waals surface area contributed by atoms with Gasteiger partial charge in [0.1, 0.15) is 16.2 Å². The van der Waals surface area contributed by atoms with Gasteiger partial charge in [0.2, 0.25) is 0 Å². The van der Waals surface area contributed by atoms with Gasteiger partial charge in [0.15, 0.2) is 0 Å². The summed E-state index contributed by atoms with van der Waals surface area (Å²) in [5, 5.41) is 13.9. The van der Waals surface area contributed by atoms with Crippen molar-refractivity contribution in [2.75, 3.05) is 11.9 Å². The number of aliphatic hydroxyl groups is 1. The fraction of sp³-hybridized carbons (Fsp3) is 0.733. The van der Waals surface area contributed by atoms with Crippen molar-refractivity contribution in [1.29, 1.82) is 0 Å². The maximum atomic E-state index is 10.6. The number of hydrogen-bond acceptors (Lipinski definition) is 4. The van der Waals surface area contributed by atoms with E-state index < -0.39 is 5.60 Å². The van der Waals surface area contributed by atoms with Crippen LogP contribution in [0.15, 0.2) is 10.7 Å². The molecule has 0 spiro atoms. The molecule has 112 valence electrons. The van der Waals surface area contributed by atoms with Crippen LogP contribution in [0.25, 0.3) is 0 Å². The summed E-state index contributed by atoms with van der Waals surface area (Å²) in [6.07, 6.45) is 6.45. The van der Waals surface area contributed by atoms with Gasteiger partial charge in [-0.3, -0.25) is 0 Å². The fourth-order valence-electron chi connectivity index (χ4n) is 2.60. The topological polar surface area (TPSA) is 58.0 Å². The van der Waals surface area contributed by atoms with Gasteiger partial charge >= 0.3 is 0 Å². The van der Waals surface area contributed by atoms with Crippen LogP contribution in [0.4, 0.5) is 5.82 Å². The molecule has 0 unspecified atom stereocenters. The molecule has 0 atom stereocenters. The van der Waals surface area contributed by atoms with E-state index in [0.717, 1.165) is 41.9 Å². The lowest BCUT2D eigenvalue weighted by Gasteiger charge is -2.27. The van der Waals surface area contributed by atoms with Crippen molar-refractivity contribution in [3.05, 3.63) is 16.5 Å². The van der Waals surface area contributed by atoms with Crippen LogP contribution in [0.2, 0.25) is 0 Å². The highest BCUT2D eigenvalue weighted by molar-refractivity contribution is 9.10. The summed E-state index contributed by atoms with van der Waals surface area (Å²) in [7, 11) is 0. The van der Waals surface area contributed by atoms with E-state index in [1.54, 1.807) is 0 Å². The Kier molecular flexibility index (Phi) is 5.38. The lowest BCUT2D eigenvalue weighted by atomic mass is 9.94. The van der Waals surface area contributed by atoms with Gasteiger partial charge in [-0.05, 0) is 28.8 Å². The van der Waals surface area contributed by atoms with E-state index in [9.17, 15) is 5.11 Å². The molecular weight excluding hydrogens is 318 g/mol. The predicted molar refractivity (Wildman–Crippen MR) is 85.0 cm³/mol. The Morgan fingerprint density at radius 2 is 1.90 bits per heavy atom. The third kappa shape index (κ3) is 4.42. The molecule has 0 bridgehead atoms. The second-order valence-corrected chi connectivity index (χ2v) is 6.89. The number of hydrogen-bond donors (Lipinski definition) is 2. The van der Waals surface area contributed by atoms with Gasteiger partial charge in [-0.2, -0.15) is 0 Å². The largest absolute Gasteiger partial charge is 0.388 e. The molecule has 0 aliphatic heterocycles. The van der Waals surface area contributed by atoms with Crippen LogP contribution in [0.5, 0.6) is 0 Å². The number of nitrogens with one attached hydrogen (secondary N) is 1. The molecule has 0 amide bonds. The van der Waals surface area contributed by atoms with Gasteiger partial charge in [0.05, 0.1) is 5.60 Å². The molecule has 2 rings (SSSR count). The van der Waals surface area contributed by atoms with Crippen molar-refractivity contribution in [3.8, 4) is 0 Å². The summed E-state index contributed by atoms with van der Waals surface area (Å²) in [4.78, 5) is 8.87. The van der Waals surface area contributed by atoms with Crippen molar-refractivity contribution >= 4 is 21.7 Å².